The van der Waals surface area contributed by atoms with Crippen LogP contribution in [-0.2, 0) is 14.8 Å². The van der Waals surface area contributed by atoms with E-state index in [1.54, 1.807) is 6.92 Å². The number of carbonyl (C=O) groups is 1. The monoisotopic (exact) mass is 311 g/mol. The SMILES string of the molecule is CCC(NS(=O)(=O)c1c(Cl)cccc1Cl)C(=O)O. The molecule has 0 aromatic heterocycles. The van der Waals surface area contributed by atoms with Gasteiger partial charge in [-0.15, -0.1) is 0 Å². The molecular weight excluding hydrogens is 301 g/mol. The van der Waals surface area contributed by atoms with Gasteiger partial charge in [-0.1, -0.05) is 36.2 Å². The van der Waals surface area contributed by atoms with Crippen molar-refractivity contribution in [3.63, 3.8) is 0 Å². The number of carboxylic acids is 1. The highest BCUT2D eigenvalue weighted by molar-refractivity contribution is 7.89. The van der Waals surface area contributed by atoms with Gasteiger partial charge in [-0.05, 0) is 18.6 Å². The van der Waals surface area contributed by atoms with Crippen LogP contribution in [0.2, 0.25) is 10.0 Å². The van der Waals surface area contributed by atoms with E-state index in [1.807, 2.05) is 4.72 Å². The molecule has 0 bridgehead atoms. The third kappa shape index (κ3) is 3.35. The van der Waals surface area contributed by atoms with E-state index in [1.165, 1.54) is 18.2 Å². The van der Waals surface area contributed by atoms with Crippen LogP contribution >= 0.6 is 23.2 Å². The van der Waals surface area contributed by atoms with E-state index in [9.17, 15) is 13.2 Å². The number of sulfonamides is 1. The first-order valence-corrected chi connectivity index (χ1v) is 7.22. The summed E-state index contributed by atoms with van der Waals surface area (Å²) < 4.78 is 26.1. The highest BCUT2D eigenvalue weighted by Crippen LogP contribution is 2.28. The number of nitrogens with one attached hydrogen (secondary N) is 1. The molecule has 8 heteroatoms. The molecule has 1 rings (SSSR count). The molecule has 1 unspecified atom stereocenters. The summed E-state index contributed by atoms with van der Waals surface area (Å²) in [7, 11) is -4.07. The van der Waals surface area contributed by atoms with E-state index >= 15 is 0 Å². The van der Waals surface area contributed by atoms with E-state index in [4.69, 9.17) is 28.3 Å². The van der Waals surface area contributed by atoms with Gasteiger partial charge in [0, 0.05) is 0 Å². The van der Waals surface area contributed by atoms with Crippen LogP contribution in [0.1, 0.15) is 13.3 Å². The molecule has 0 aliphatic heterocycles. The van der Waals surface area contributed by atoms with Crippen LogP contribution in [0.3, 0.4) is 0 Å². The summed E-state index contributed by atoms with van der Waals surface area (Å²) in [5.41, 5.74) is 0. The number of aliphatic carboxylic acids is 1. The Balaban J connectivity index is 3.19. The van der Waals surface area contributed by atoms with Gasteiger partial charge in [0.15, 0.2) is 0 Å². The van der Waals surface area contributed by atoms with Crippen molar-refractivity contribution in [2.75, 3.05) is 0 Å². The van der Waals surface area contributed by atoms with Crippen molar-refractivity contribution in [2.24, 2.45) is 0 Å². The second-order valence-electron chi connectivity index (χ2n) is 3.47. The van der Waals surface area contributed by atoms with Crippen LogP contribution in [0.15, 0.2) is 23.1 Å². The normalized spacial score (nSPS) is 13.3. The summed E-state index contributed by atoms with van der Waals surface area (Å²) in [6, 6.07) is 3.01. The van der Waals surface area contributed by atoms with Crippen LogP contribution in [0.5, 0.6) is 0 Å². The second kappa shape index (κ2) is 5.88. The average molecular weight is 312 g/mol. The number of rotatable bonds is 5. The zero-order valence-corrected chi connectivity index (χ0v) is 11.7. The molecular formula is C10H11Cl2NO4S. The molecule has 0 saturated heterocycles. The Hall–Kier alpha value is -0.820. The summed E-state index contributed by atoms with van der Waals surface area (Å²) in [5.74, 6) is -1.26. The Kier molecular flexibility index (Phi) is 4.98. The van der Waals surface area contributed by atoms with Crippen LogP contribution in [-0.4, -0.2) is 25.5 Å². The summed E-state index contributed by atoms with van der Waals surface area (Å²) >= 11 is 11.5. The molecule has 0 aliphatic carbocycles. The van der Waals surface area contributed by atoms with E-state index in [2.05, 4.69) is 0 Å². The van der Waals surface area contributed by atoms with Crippen molar-refractivity contribution >= 4 is 39.2 Å². The number of hydrogen-bond acceptors (Lipinski definition) is 3. The molecule has 0 aliphatic rings. The van der Waals surface area contributed by atoms with Gasteiger partial charge < -0.3 is 5.11 Å². The summed E-state index contributed by atoms with van der Waals surface area (Å²) in [6.45, 7) is 1.55. The lowest BCUT2D eigenvalue weighted by Crippen LogP contribution is -2.40. The predicted octanol–water partition coefficient (Wildman–Crippen LogP) is 2.13. The first-order chi connectivity index (χ1) is 8.29. The lowest BCUT2D eigenvalue weighted by molar-refractivity contribution is -0.139. The minimum atomic E-state index is -4.07. The van der Waals surface area contributed by atoms with Gasteiger partial charge >= 0.3 is 5.97 Å². The van der Waals surface area contributed by atoms with E-state index in [0.717, 1.165) is 0 Å². The average Bonchev–Trinajstić information content (AvgIpc) is 2.25. The summed E-state index contributed by atoms with van der Waals surface area (Å²) in [4.78, 5) is 10.5. The Labute approximate surface area is 115 Å². The molecule has 0 heterocycles. The fourth-order valence-electron chi connectivity index (χ4n) is 1.29. The molecule has 0 radical (unpaired) electrons. The second-order valence-corrected chi connectivity index (χ2v) is 5.94. The maximum atomic E-state index is 12.0. The maximum absolute atomic E-state index is 12.0. The Morgan fingerprint density at radius 2 is 1.89 bits per heavy atom. The highest BCUT2D eigenvalue weighted by atomic mass is 35.5. The van der Waals surface area contributed by atoms with Gasteiger partial charge in [0.2, 0.25) is 10.0 Å². The van der Waals surface area contributed by atoms with Crippen molar-refractivity contribution in [3.05, 3.63) is 28.2 Å². The lowest BCUT2D eigenvalue weighted by atomic mass is 10.2. The number of hydrogen-bond donors (Lipinski definition) is 2. The van der Waals surface area contributed by atoms with E-state index in [-0.39, 0.29) is 21.4 Å². The quantitative estimate of drug-likeness (QED) is 0.872. The molecule has 1 aromatic rings. The topological polar surface area (TPSA) is 83.5 Å². The number of benzene rings is 1. The third-order valence-electron chi connectivity index (χ3n) is 2.19. The molecule has 18 heavy (non-hydrogen) atoms. The van der Waals surface area contributed by atoms with Crippen LogP contribution in [0, 0.1) is 0 Å². The van der Waals surface area contributed by atoms with Crippen LogP contribution in [0.25, 0.3) is 0 Å². The van der Waals surface area contributed by atoms with Crippen molar-refractivity contribution in [2.45, 2.75) is 24.3 Å². The van der Waals surface area contributed by atoms with Crippen molar-refractivity contribution < 1.29 is 18.3 Å². The van der Waals surface area contributed by atoms with Crippen LogP contribution < -0.4 is 4.72 Å². The van der Waals surface area contributed by atoms with Gasteiger partial charge in [-0.2, -0.15) is 4.72 Å². The molecule has 100 valence electrons. The molecule has 0 fully saturated rings. The Morgan fingerprint density at radius 1 is 1.39 bits per heavy atom. The van der Waals surface area contributed by atoms with Gasteiger partial charge in [-0.3, -0.25) is 4.79 Å². The smallest absolute Gasteiger partial charge is 0.321 e. The maximum Gasteiger partial charge on any atom is 0.321 e. The summed E-state index contributed by atoms with van der Waals surface area (Å²) in [5, 5.41) is 8.71. The van der Waals surface area contributed by atoms with E-state index < -0.39 is 22.0 Å². The van der Waals surface area contributed by atoms with Gasteiger partial charge in [0.25, 0.3) is 0 Å². The first kappa shape index (κ1) is 15.2. The minimum Gasteiger partial charge on any atom is -0.480 e. The number of carboxylic acid groups (broad SMARTS) is 1. The molecule has 1 atom stereocenters. The molecule has 0 saturated carbocycles. The van der Waals surface area contributed by atoms with Gasteiger partial charge in [0.05, 0.1) is 10.0 Å². The molecule has 5 nitrogen and oxygen atoms in total. The first-order valence-electron chi connectivity index (χ1n) is 4.98. The van der Waals surface area contributed by atoms with Crippen molar-refractivity contribution in [1.82, 2.24) is 4.72 Å². The zero-order valence-electron chi connectivity index (χ0n) is 9.35. The predicted molar refractivity (Wildman–Crippen MR) is 68.5 cm³/mol. The Morgan fingerprint density at radius 3 is 2.28 bits per heavy atom. The fraction of sp³-hybridized carbons (Fsp3) is 0.300. The summed E-state index contributed by atoms with van der Waals surface area (Å²) in [6.07, 6.45) is 0.108. The van der Waals surface area contributed by atoms with Gasteiger partial charge in [0.1, 0.15) is 10.9 Å². The number of halogens is 2. The lowest BCUT2D eigenvalue weighted by Gasteiger charge is -2.14. The minimum absolute atomic E-state index is 0.0600. The largest absolute Gasteiger partial charge is 0.480 e. The third-order valence-corrected chi connectivity index (χ3v) is 4.62. The zero-order chi connectivity index (χ0) is 13.9. The standard InChI is InChI=1S/C10H11Cl2NO4S/c1-2-8(10(14)15)13-18(16,17)9-6(11)4-3-5-7(9)12/h3-5,8,13H,2H2,1H3,(H,14,15). The molecule has 2 N–H and O–H groups in total. The fourth-order valence-corrected chi connectivity index (χ4v) is 3.71. The highest BCUT2D eigenvalue weighted by Gasteiger charge is 2.27. The van der Waals surface area contributed by atoms with Gasteiger partial charge in [-0.25, -0.2) is 8.42 Å². The molecule has 1 aromatic carbocycles. The molecule has 0 amide bonds. The van der Waals surface area contributed by atoms with Crippen LogP contribution in [0.4, 0.5) is 0 Å². The van der Waals surface area contributed by atoms with Crippen molar-refractivity contribution in [3.8, 4) is 0 Å². The molecule has 0 spiro atoms. The van der Waals surface area contributed by atoms with E-state index in [0.29, 0.717) is 0 Å². The Bertz CT molecular complexity index is 539. The van der Waals surface area contributed by atoms with Crippen molar-refractivity contribution in [1.29, 1.82) is 0 Å².